The zero-order valence-electron chi connectivity index (χ0n) is 13.2. The van der Waals surface area contributed by atoms with Crippen molar-refractivity contribution in [1.29, 1.82) is 0 Å². The highest BCUT2D eigenvalue weighted by Gasteiger charge is 2.39. The fourth-order valence-electron chi connectivity index (χ4n) is 2.95. The molecular weight excluding hydrogens is 290 g/mol. The molecule has 2 aliphatic carbocycles. The first-order valence-corrected chi connectivity index (χ1v) is 8.27. The number of aryl methyl sites for hydroxylation is 1. The van der Waals surface area contributed by atoms with Gasteiger partial charge in [0.05, 0.1) is 0 Å². The van der Waals surface area contributed by atoms with Crippen LogP contribution in [0.15, 0.2) is 34.9 Å². The summed E-state index contributed by atoms with van der Waals surface area (Å²) in [5.41, 5.74) is 1.90. The molecule has 1 amide bonds. The van der Waals surface area contributed by atoms with E-state index in [9.17, 15) is 4.79 Å². The van der Waals surface area contributed by atoms with Gasteiger partial charge in [-0.2, -0.15) is 0 Å². The zero-order chi connectivity index (χ0) is 15.8. The first-order chi connectivity index (χ1) is 11.2. The van der Waals surface area contributed by atoms with Crippen LogP contribution in [0, 0.1) is 12.8 Å². The van der Waals surface area contributed by atoms with Gasteiger partial charge in [-0.25, -0.2) is 0 Å². The topological polar surface area (TPSA) is 67.2 Å². The minimum Gasteiger partial charge on any atom is -0.360 e. The number of nitrogens with one attached hydrogen (secondary N) is 2. The molecule has 0 radical (unpaired) electrons. The van der Waals surface area contributed by atoms with Crippen molar-refractivity contribution in [3.05, 3.63) is 47.2 Å². The summed E-state index contributed by atoms with van der Waals surface area (Å²) in [7, 11) is 0. The molecule has 5 heteroatoms. The van der Waals surface area contributed by atoms with Gasteiger partial charge in [0.1, 0.15) is 5.76 Å². The molecule has 2 N–H and O–H groups in total. The van der Waals surface area contributed by atoms with Crippen molar-refractivity contribution in [2.24, 2.45) is 5.92 Å². The maximum Gasteiger partial charge on any atom is 0.256 e. The number of nitrogens with zero attached hydrogens (tertiary/aromatic N) is 1. The van der Waals surface area contributed by atoms with Gasteiger partial charge in [-0.1, -0.05) is 17.3 Å². The molecule has 2 atom stereocenters. The van der Waals surface area contributed by atoms with Gasteiger partial charge in [0, 0.05) is 23.6 Å². The molecule has 0 saturated heterocycles. The van der Waals surface area contributed by atoms with E-state index in [1.165, 1.54) is 24.8 Å². The lowest BCUT2D eigenvalue weighted by Gasteiger charge is -2.06. The van der Waals surface area contributed by atoms with Crippen molar-refractivity contribution in [2.45, 2.75) is 38.1 Å². The van der Waals surface area contributed by atoms with Crippen molar-refractivity contribution < 1.29 is 9.32 Å². The summed E-state index contributed by atoms with van der Waals surface area (Å²) in [4.78, 5) is 12.3. The molecule has 4 rings (SSSR count). The molecule has 120 valence electrons. The Labute approximate surface area is 135 Å². The highest BCUT2D eigenvalue weighted by Crippen LogP contribution is 2.41. The van der Waals surface area contributed by atoms with Gasteiger partial charge in [0.2, 0.25) is 0 Å². The minimum atomic E-state index is -0.150. The maximum absolute atomic E-state index is 12.3. The molecule has 0 bridgehead atoms. The van der Waals surface area contributed by atoms with Crippen molar-refractivity contribution in [3.8, 4) is 0 Å². The van der Waals surface area contributed by atoms with Gasteiger partial charge in [-0.05, 0) is 56.3 Å². The Kier molecular flexibility index (Phi) is 3.65. The molecule has 2 aliphatic rings. The van der Waals surface area contributed by atoms with Gasteiger partial charge < -0.3 is 15.2 Å². The number of carbonyl (C=O) groups excluding carboxylic acids is 1. The maximum atomic E-state index is 12.3. The second kappa shape index (κ2) is 5.81. The standard InChI is InChI=1S/C18H21N3O2/c1-11-7-17(21-23-11)20-18(22)14-4-2-3-13(8-14)15-9-16(15)19-10-12-5-6-12/h2-4,7-8,12,15-16,19H,5-6,9-10H2,1H3,(H,20,21,22). The van der Waals surface area contributed by atoms with Crippen LogP contribution in [0.5, 0.6) is 0 Å². The van der Waals surface area contributed by atoms with E-state index in [1.54, 1.807) is 13.0 Å². The zero-order valence-corrected chi connectivity index (χ0v) is 13.2. The van der Waals surface area contributed by atoms with Crippen molar-refractivity contribution in [2.75, 3.05) is 11.9 Å². The Morgan fingerprint density at radius 3 is 2.96 bits per heavy atom. The summed E-state index contributed by atoms with van der Waals surface area (Å²) in [5.74, 6) is 2.42. The molecule has 2 unspecified atom stereocenters. The van der Waals surface area contributed by atoms with Crippen LogP contribution in [0.2, 0.25) is 0 Å². The molecule has 1 heterocycles. The van der Waals surface area contributed by atoms with Crippen LogP contribution in [0.4, 0.5) is 5.82 Å². The third-order valence-electron chi connectivity index (χ3n) is 4.60. The average molecular weight is 311 g/mol. The predicted molar refractivity (Wildman–Crippen MR) is 87.5 cm³/mol. The van der Waals surface area contributed by atoms with Crippen LogP contribution in [0.25, 0.3) is 0 Å². The highest BCUT2D eigenvalue weighted by atomic mass is 16.5. The summed E-state index contributed by atoms with van der Waals surface area (Å²) < 4.78 is 4.97. The molecule has 0 spiro atoms. The average Bonchev–Trinajstić information content (AvgIpc) is 3.45. The molecule has 0 aliphatic heterocycles. The minimum absolute atomic E-state index is 0.150. The molecule has 1 aromatic heterocycles. The lowest BCUT2D eigenvalue weighted by molar-refractivity contribution is 0.102. The van der Waals surface area contributed by atoms with E-state index < -0.39 is 0 Å². The number of hydrogen-bond donors (Lipinski definition) is 2. The normalized spacial score (nSPS) is 22.8. The van der Waals surface area contributed by atoms with Crippen LogP contribution in [-0.2, 0) is 0 Å². The lowest BCUT2D eigenvalue weighted by atomic mass is 10.1. The van der Waals surface area contributed by atoms with Gasteiger partial charge in [-0.15, -0.1) is 0 Å². The molecule has 2 aromatic rings. The van der Waals surface area contributed by atoms with E-state index in [2.05, 4.69) is 21.9 Å². The van der Waals surface area contributed by atoms with E-state index >= 15 is 0 Å². The van der Waals surface area contributed by atoms with E-state index in [1.807, 2.05) is 18.2 Å². The van der Waals surface area contributed by atoms with Crippen LogP contribution >= 0.6 is 0 Å². The van der Waals surface area contributed by atoms with Crippen LogP contribution in [0.3, 0.4) is 0 Å². The quantitative estimate of drug-likeness (QED) is 0.860. The first kappa shape index (κ1) is 14.5. The van der Waals surface area contributed by atoms with Crippen LogP contribution in [-0.4, -0.2) is 23.7 Å². The summed E-state index contributed by atoms with van der Waals surface area (Å²) in [5, 5.41) is 10.2. The second-order valence-electron chi connectivity index (χ2n) is 6.70. The van der Waals surface area contributed by atoms with E-state index in [0.29, 0.717) is 29.1 Å². The summed E-state index contributed by atoms with van der Waals surface area (Å²) in [6.07, 6.45) is 3.92. The SMILES string of the molecule is Cc1cc(NC(=O)c2cccc(C3CC3NCC3CC3)c2)no1. The van der Waals surface area contributed by atoms with Gasteiger partial charge in [-0.3, -0.25) is 4.79 Å². The fourth-order valence-corrected chi connectivity index (χ4v) is 2.95. The van der Waals surface area contributed by atoms with Crippen molar-refractivity contribution in [1.82, 2.24) is 10.5 Å². The number of carbonyl (C=O) groups is 1. The lowest BCUT2D eigenvalue weighted by Crippen LogP contribution is -2.20. The largest absolute Gasteiger partial charge is 0.360 e. The van der Waals surface area contributed by atoms with Crippen molar-refractivity contribution >= 4 is 11.7 Å². The number of hydrogen-bond acceptors (Lipinski definition) is 4. The number of aromatic nitrogens is 1. The Morgan fingerprint density at radius 2 is 2.22 bits per heavy atom. The fraction of sp³-hybridized carbons (Fsp3) is 0.444. The molecule has 2 saturated carbocycles. The Morgan fingerprint density at radius 1 is 1.35 bits per heavy atom. The number of amides is 1. The van der Waals surface area contributed by atoms with E-state index in [0.717, 1.165) is 12.5 Å². The third kappa shape index (κ3) is 3.45. The van der Waals surface area contributed by atoms with Gasteiger partial charge in [0.15, 0.2) is 5.82 Å². The Bertz CT molecular complexity index is 721. The first-order valence-electron chi connectivity index (χ1n) is 8.27. The smallest absolute Gasteiger partial charge is 0.256 e. The molecule has 2 fully saturated rings. The molecule has 1 aromatic carbocycles. The molecule has 5 nitrogen and oxygen atoms in total. The number of rotatable bonds is 6. The van der Waals surface area contributed by atoms with Crippen molar-refractivity contribution in [3.63, 3.8) is 0 Å². The Hall–Kier alpha value is -2.14. The summed E-state index contributed by atoms with van der Waals surface area (Å²) >= 11 is 0. The number of anilines is 1. The van der Waals surface area contributed by atoms with E-state index in [-0.39, 0.29) is 5.91 Å². The monoisotopic (exact) mass is 311 g/mol. The summed E-state index contributed by atoms with van der Waals surface area (Å²) in [6, 6.07) is 10.2. The third-order valence-corrected chi connectivity index (χ3v) is 4.60. The van der Waals surface area contributed by atoms with Crippen LogP contribution in [0.1, 0.15) is 46.9 Å². The second-order valence-corrected chi connectivity index (χ2v) is 6.70. The van der Waals surface area contributed by atoms with Gasteiger partial charge >= 0.3 is 0 Å². The molecule has 23 heavy (non-hydrogen) atoms. The predicted octanol–water partition coefficient (Wildman–Crippen LogP) is 3.09. The number of benzene rings is 1. The van der Waals surface area contributed by atoms with E-state index in [4.69, 9.17) is 4.52 Å². The summed E-state index contributed by atoms with van der Waals surface area (Å²) in [6.45, 7) is 2.94. The Balaban J connectivity index is 1.39. The molecular formula is C18H21N3O2. The highest BCUT2D eigenvalue weighted by molar-refractivity contribution is 6.03. The van der Waals surface area contributed by atoms with Crippen LogP contribution < -0.4 is 10.6 Å². The van der Waals surface area contributed by atoms with Gasteiger partial charge in [0.25, 0.3) is 5.91 Å².